The fourth-order valence-electron chi connectivity index (χ4n) is 6.93. The number of hydrogen-bond acceptors (Lipinski definition) is 10. The molecule has 0 unspecified atom stereocenters. The third-order valence-electron chi connectivity index (χ3n) is 9.09. The van der Waals surface area contributed by atoms with Gasteiger partial charge in [0.1, 0.15) is 48.6 Å². The average molecular weight is 685 g/mol. The van der Waals surface area contributed by atoms with E-state index in [-0.39, 0.29) is 100 Å². The highest BCUT2D eigenvalue weighted by atomic mass is 14.7. The summed E-state index contributed by atoms with van der Waals surface area (Å²) in [6, 6.07) is 40.8. The quantitative estimate of drug-likeness (QED) is 0.168. The third kappa shape index (κ3) is 4.97. The van der Waals surface area contributed by atoms with Crippen molar-refractivity contribution in [3.63, 3.8) is 0 Å². The van der Waals surface area contributed by atoms with E-state index in [1.807, 2.05) is 12.1 Å². The van der Waals surface area contributed by atoms with Gasteiger partial charge in [-0.3, -0.25) is 9.97 Å². The first-order valence-corrected chi connectivity index (χ1v) is 16.0. The lowest BCUT2D eigenvalue weighted by Crippen LogP contribution is -2.05. The van der Waals surface area contributed by atoms with E-state index >= 15 is 0 Å². The molecular formula is C44H16N10. The van der Waals surface area contributed by atoms with Gasteiger partial charge in [0.05, 0.1) is 55.9 Å². The Morgan fingerprint density at radius 2 is 0.796 bits per heavy atom. The van der Waals surface area contributed by atoms with Crippen molar-refractivity contribution in [2.75, 3.05) is 0 Å². The second-order valence-electron chi connectivity index (χ2n) is 11.7. The van der Waals surface area contributed by atoms with Crippen LogP contribution in [0.15, 0.2) is 97.3 Å². The lowest BCUT2D eigenvalue weighted by atomic mass is 9.81. The molecule has 0 radical (unpaired) electrons. The predicted octanol–water partition coefficient (Wildman–Crippen LogP) is 7.73. The summed E-state index contributed by atoms with van der Waals surface area (Å²) in [5.74, 6) is 0. The van der Waals surface area contributed by atoms with Crippen LogP contribution in [0, 0.1) is 90.6 Å². The summed E-state index contributed by atoms with van der Waals surface area (Å²) < 4.78 is 0. The Labute approximate surface area is 308 Å². The molecule has 2 aliphatic carbocycles. The molecule has 0 aliphatic heterocycles. The van der Waals surface area contributed by atoms with Crippen molar-refractivity contribution in [3.8, 4) is 48.6 Å². The van der Waals surface area contributed by atoms with Crippen molar-refractivity contribution in [1.29, 1.82) is 42.1 Å². The van der Waals surface area contributed by atoms with Crippen LogP contribution >= 0.6 is 0 Å². The molecule has 54 heavy (non-hydrogen) atoms. The van der Waals surface area contributed by atoms with Crippen molar-refractivity contribution >= 4 is 44.6 Å². The summed E-state index contributed by atoms with van der Waals surface area (Å²) in [5.41, 5.74) is 2.58. The van der Waals surface area contributed by atoms with Crippen LogP contribution in [-0.2, 0) is 0 Å². The standard InChI is InChI=1S/C44H16N10/c45-15-25-11-13-35(53-23-25)29(17-47)41-37(27-7-3-1-4-8-27)31(19-49)39-33(21-51)40-32(20-50)38(28-9-5-2-6-10-28)42(44(40)34(22-52)43(39)41)30(18-48)36-14-12-26(16-46)24-54-36/h1-14,23-24H/b41-29+,42-30+. The van der Waals surface area contributed by atoms with E-state index in [0.717, 1.165) is 0 Å². The van der Waals surface area contributed by atoms with Crippen molar-refractivity contribution in [2.45, 2.75) is 0 Å². The predicted molar refractivity (Wildman–Crippen MR) is 196 cm³/mol. The fraction of sp³-hybridized carbons (Fsp3) is 0. The van der Waals surface area contributed by atoms with Gasteiger partial charge in [0, 0.05) is 56.9 Å². The van der Waals surface area contributed by atoms with E-state index in [1.54, 1.807) is 60.7 Å². The van der Waals surface area contributed by atoms with Crippen LogP contribution in [0.25, 0.3) is 44.6 Å². The summed E-state index contributed by atoms with van der Waals surface area (Å²) in [7, 11) is 0. The van der Waals surface area contributed by atoms with Crippen LogP contribution < -0.4 is 0 Å². The van der Waals surface area contributed by atoms with Gasteiger partial charge in [0.2, 0.25) is 0 Å². The van der Waals surface area contributed by atoms with E-state index < -0.39 is 0 Å². The molecule has 0 N–H and O–H groups in total. The van der Waals surface area contributed by atoms with E-state index in [2.05, 4.69) is 46.4 Å². The summed E-state index contributed by atoms with van der Waals surface area (Å²) in [6.07, 6.45) is 2.60. The molecule has 0 atom stereocenters. The molecule has 0 saturated heterocycles. The number of nitriles is 8. The number of fused-ring (bicyclic) bond motifs is 2. The minimum Gasteiger partial charge on any atom is -0.254 e. The molecule has 0 fully saturated rings. The number of aromatic nitrogens is 2. The van der Waals surface area contributed by atoms with Crippen molar-refractivity contribution in [2.24, 2.45) is 0 Å². The van der Waals surface area contributed by atoms with E-state index in [0.29, 0.717) is 11.1 Å². The molecule has 10 nitrogen and oxygen atoms in total. The van der Waals surface area contributed by atoms with Crippen molar-refractivity contribution in [3.05, 3.63) is 164 Å². The van der Waals surface area contributed by atoms with Crippen LogP contribution in [0.5, 0.6) is 0 Å². The maximum Gasteiger partial charge on any atom is 0.102 e. The first kappa shape index (κ1) is 33.3. The molecule has 5 aromatic rings. The Hall–Kier alpha value is -9.16. The van der Waals surface area contributed by atoms with Gasteiger partial charge in [0.25, 0.3) is 0 Å². The average Bonchev–Trinajstić information content (AvgIpc) is 3.75. The second kappa shape index (κ2) is 13.6. The van der Waals surface area contributed by atoms with Crippen LogP contribution in [0.4, 0.5) is 0 Å². The molecule has 2 aromatic heterocycles. The molecule has 10 heteroatoms. The van der Waals surface area contributed by atoms with Gasteiger partial charge in [-0.25, -0.2) is 0 Å². The maximum atomic E-state index is 11.2. The van der Waals surface area contributed by atoms with Crippen LogP contribution in [-0.4, -0.2) is 9.97 Å². The molecule has 0 amide bonds. The highest BCUT2D eigenvalue weighted by Crippen LogP contribution is 2.59. The Kier molecular flexibility index (Phi) is 8.41. The number of pyridine rings is 2. The van der Waals surface area contributed by atoms with Gasteiger partial charge >= 0.3 is 0 Å². The minimum absolute atomic E-state index is 0.00584. The normalized spacial score (nSPS) is 14.1. The summed E-state index contributed by atoms with van der Waals surface area (Å²) in [6.45, 7) is 0. The first-order chi connectivity index (χ1) is 26.5. The van der Waals surface area contributed by atoms with Gasteiger partial charge in [-0.05, 0) is 35.4 Å². The van der Waals surface area contributed by atoms with Crippen LogP contribution in [0.3, 0.4) is 0 Å². The lowest BCUT2D eigenvalue weighted by Gasteiger charge is -2.18. The minimum atomic E-state index is -0.103. The largest absolute Gasteiger partial charge is 0.254 e. The molecule has 0 spiro atoms. The Morgan fingerprint density at radius 3 is 1.09 bits per heavy atom. The Morgan fingerprint density at radius 1 is 0.407 bits per heavy atom. The second-order valence-corrected chi connectivity index (χ2v) is 11.7. The third-order valence-corrected chi connectivity index (χ3v) is 9.09. The van der Waals surface area contributed by atoms with Crippen molar-refractivity contribution in [1.82, 2.24) is 9.97 Å². The van der Waals surface area contributed by atoms with Gasteiger partial charge in [0.15, 0.2) is 0 Å². The SMILES string of the molecule is N#CC1=C(c2ccccc2)/C(=C(/C#N)c2ccc(C#N)cn2)c2c(C#N)c3c(c(C#N)c21)C(C#N)=C(c1ccccc1)/C3=C(/C#N)c1ccc(C#N)cn1. The first-order valence-electron chi connectivity index (χ1n) is 16.0. The van der Waals surface area contributed by atoms with Gasteiger partial charge in [-0.1, -0.05) is 60.7 Å². The molecular weight excluding hydrogens is 669 g/mol. The summed E-state index contributed by atoms with van der Waals surface area (Å²) in [4.78, 5) is 8.77. The Bertz CT molecular complexity index is 2770. The zero-order valence-electron chi connectivity index (χ0n) is 27.7. The molecule has 3 aromatic carbocycles. The molecule has 0 saturated carbocycles. The topological polar surface area (TPSA) is 216 Å². The summed E-state index contributed by atoms with van der Waals surface area (Å²) >= 11 is 0. The van der Waals surface area contributed by atoms with Gasteiger partial charge < -0.3 is 0 Å². The number of nitrogens with zero attached hydrogens (tertiary/aromatic N) is 10. The highest BCUT2D eigenvalue weighted by Gasteiger charge is 2.43. The van der Waals surface area contributed by atoms with Crippen LogP contribution in [0.1, 0.15) is 67.0 Å². The van der Waals surface area contributed by atoms with E-state index in [9.17, 15) is 42.1 Å². The number of allylic oxidation sites excluding steroid dienone is 8. The zero-order chi connectivity index (χ0) is 37.9. The molecule has 0 bridgehead atoms. The van der Waals surface area contributed by atoms with Gasteiger partial charge in [-0.15, -0.1) is 0 Å². The summed E-state index contributed by atoms with van der Waals surface area (Å²) in [5, 5.41) is 84.6. The van der Waals surface area contributed by atoms with Gasteiger partial charge in [-0.2, -0.15) is 42.1 Å². The molecule has 2 heterocycles. The monoisotopic (exact) mass is 684 g/mol. The highest BCUT2D eigenvalue weighted by molar-refractivity contribution is 6.36. The number of rotatable bonds is 4. The zero-order valence-corrected chi connectivity index (χ0v) is 27.7. The van der Waals surface area contributed by atoms with E-state index in [4.69, 9.17) is 0 Å². The molecule has 242 valence electrons. The fourth-order valence-corrected chi connectivity index (χ4v) is 6.93. The Balaban J connectivity index is 1.75. The molecule has 2 aliphatic rings. The number of hydrogen-bond donors (Lipinski definition) is 0. The van der Waals surface area contributed by atoms with E-state index in [1.165, 1.54) is 36.7 Å². The van der Waals surface area contributed by atoms with Crippen molar-refractivity contribution < 1.29 is 0 Å². The molecule has 7 rings (SSSR count). The smallest absolute Gasteiger partial charge is 0.102 e. The maximum absolute atomic E-state index is 11.2. The lowest BCUT2D eigenvalue weighted by molar-refractivity contribution is 1.26. The van der Waals surface area contributed by atoms with Crippen LogP contribution in [0.2, 0.25) is 0 Å². The number of benzene rings is 3.